The van der Waals surface area contributed by atoms with E-state index < -0.39 is 0 Å². The topological polar surface area (TPSA) is 15.3 Å². The number of hydrogen-bond acceptors (Lipinski definition) is 2. The lowest BCUT2D eigenvalue weighted by Gasteiger charge is -2.31. The van der Waals surface area contributed by atoms with E-state index in [2.05, 4.69) is 41.4 Å². The maximum Gasteiger partial charge on any atom is 0.0414 e. The molecular weight excluding hydrogens is 208 g/mol. The summed E-state index contributed by atoms with van der Waals surface area (Å²) in [5, 5.41) is 3.27. The van der Waals surface area contributed by atoms with Crippen LogP contribution in [0.25, 0.3) is 0 Å². The van der Waals surface area contributed by atoms with E-state index in [0.717, 1.165) is 6.54 Å². The maximum absolute atomic E-state index is 3.27. The Hall–Kier alpha value is -1.02. The van der Waals surface area contributed by atoms with Gasteiger partial charge in [0.1, 0.15) is 0 Å². The molecule has 17 heavy (non-hydrogen) atoms. The van der Waals surface area contributed by atoms with Crippen molar-refractivity contribution in [3.8, 4) is 0 Å². The highest BCUT2D eigenvalue weighted by atomic mass is 15.2. The van der Waals surface area contributed by atoms with Crippen LogP contribution < -0.4 is 10.2 Å². The molecular formula is C15H24N2. The maximum atomic E-state index is 3.27. The van der Waals surface area contributed by atoms with E-state index in [-0.39, 0.29) is 0 Å². The van der Waals surface area contributed by atoms with Gasteiger partial charge >= 0.3 is 0 Å². The Morgan fingerprint density at radius 1 is 1.24 bits per heavy atom. The Morgan fingerprint density at radius 2 is 2.06 bits per heavy atom. The van der Waals surface area contributed by atoms with Crippen LogP contribution in [-0.2, 0) is 6.54 Å². The number of hydrogen-bond donors (Lipinski definition) is 1. The van der Waals surface area contributed by atoms with Crippen molar-refractivity contribution in [2.45, 2.75) is 45.2 Å². The number of nitrogens with one attached hydrogen (secondary N) is 1. The van der Waals surface area contributed by atoms with Gasteiger partial charge < -0.3 is 10.2 Å². The minimum atomic E-state index is 0.676. The van der Waals surface area contributed by atoms with Crippen molar-refractivity contribution >= 4 is 5.69 Å². The van der Waals surface area contributed by atoms with Crippen molar-refractivity contribution in [1.29, 1.82) is 0 Å². The molecule has 1 fully saturated rings. The summed E-state index contributed by atoms with van der Waals surface area (Å²) in [5.41, 5.74) is 2.85. The number of benzene rings is 1. The molecule has 1 aliphatic rings. The van der Waals surface area contributed by atoms with Gasteiger partial charge in [-0.3, -0.25) is 0 Å². The molecule has 0 aliphatic carbocycles. The summed E-state index contributed by atoms with van der Waals surface area (Å²) >= 11 is 0. The zero-order valence-corrected chi connectivity index (χ0v) is 11.1. The van der Waals surface area contributed by atoms with E-state index in [1.54, 1.807) is 0 Å². The predicted molar refractivity (Wildman–Crippen MR) is 74.5 cm³/mol. The largest absolute Gasteiger partial charge is 0.369 e. The SMILES string of the molecule is CNCc1ccccc1N1CCCCCC1C. The van der Waals surface area contributed by atoms with E-state index in [1.807, 2.05) is 7.05 Å². The van der Waals surface area contributed by atoms with E-state index in [9.17, 15) is 0 Å². The third-order valence-corrected chi connectivity index (χ3v) is 3.72. The molecule has 1 heterocycles. The standard InChI is InChI=1S/C15H24N2/c1-13-8-4-3-7-11-17(13)15-10-6-5-9-14(15)12-16-2/h5-6,9-10,13,16H,3-4,7-8,11-12H2,1-2H3. The van der Waals surface area contributed by atoms with Crippen molar-refractivity contribution in [1.82, 2.24) is 5.32 Å². The van der Waals surface area contributed by atoms with Crippen LogP contribution in [0.4, 0.5) is 5.69 Å². The molecule has 0 aromatic heterocycles. The summed E-state index contributed by atoms with van der Waals surface area (Å²) in [6.45, 7) is 4.53. The van der Waals surface area contributed by atoms with Crippen LogP contribution in [0.3, 0.4) is 0 Å². The van der Waals surface area contributed by atoms with Crippen LogP contribution in [0.15, 0.2) is 24.3 Å². The van der Waals surface area contributed by atoms with Gasteiger partial charge in [0, 0.05) is 24.8 Å². The Labute approximate surface area is 105 Å². The normalized spacial score (nSPS) is 21.3. The first-order chi connectivity index (χ1) is 8.33. The van der Waals surface area contributed by atoms with Gasteiger partial charge in [0.2, 0.25) is 0 Å². The van der Waals surface area contributed by atoms with E-state index in [4.69, 9.17) is 0 Å². The lowest BCUT2D eigenvalue weighted by atomic mass is 10.1. The van der Waals surface area contributed by atoms with Gasteiger partial charge in [-0.2, -0.15) is 0 Å². The first kappa shape index (κ1) is 12.4. The zero-order valence-electron chi connectivity index (χ0n) is 11.1. The quantitative estimate of drug-likeness (QED) is 0.861. The van der Waals surface area contributed by atoms with Crippen LogP contribution >= 0.6 is 0 Å². The number of anilines is 1. The summed E-state index contributed by atoms with van der Waals surface area (Å²) < 4.78 is 0. The summed E-state index contributed by atoms with van der Waals surface area (Å²) in [4.78, 5) is 2.60. The lowest BCUT2D eigenvalue weighted by molar-refractivity contribution is 0.613. The molecule has 1 aromatic carbocycles. The molecule has 2 nitrogen and oxygen atoms in total. The van der Waals surface area contributed by atoms with Gasteiger partial charge in [-0.05, 0) is 38.4 Å². The molecule has 1 aromatic rings. The summed E-state index contributed by atoms with van der Waals surface area (Å²) in [7, 11) is 2.02. The lowest BCUT2D eigenvalue weighted by Crippen LogP contribution is -2.33. The van der Waals surface area contributed by atoms with Crippen LogP contribution in [0, 0.1) is 0 Å². The zero-order chi connectivity index (χ0) is 12.1. The second kappa shape index (κ2) is 6.06. The fourth-order valence-corrected chi connectivity index (χ4v) is 2.76. The number of nitrogens with zero attached hydrogens (tertiary/aromatic N) is 1. The van der Waals surface area contributed by atoms with Crippen LogP contribution in [0.5, 0.6) is 0 Å². The molecule has 0 spiro atoms. The highest BCUT2D eigenvalue weighted by Crippen LogP contribution is 2.27. The van der Waals surface area contributed by atoms with Crippen molar-refractivity contribution < 1.29 is 0 Å². The Bertz CT molecular complexity index is 349. The molecule has 1 unspecified atom stereocenters. The second-order valence-corrected chi connectivity index (χ2v) is 5.05. The fourth-order valence-electron chi connectivity index (χ4n) is 2.76. The second-order valence-electron chi connectivity index (χ2n) is 5.05. The molecule has 94 valence electrons. The van der Waals surface area contributed by atoms with Crippen molar-refractivity contribution in [2.24, 2.45) is 0 Å². The number of rotatable bonds is 3. The molecule has 1 aliphatic heterocycles. The fraction of sp³-hybridized carbons (Fsp3) is 0.600. The number of para-hydroxylation sites is 1. The first-order valence-electron chi connectivity index (χ1n) is 6.82. The highest BCUT2D eigenvalue weighted by molar-refractivity contribution is 5.54. The molecule has 0 radical (unpaired) electrons. The summed E-state index contributed by atoms with van der Waals surface area (Å²) in [5.74, 6) is 0. The third-order valence-electron chi connectivity index (χ3n) is 3.72. The van der Waals surface area contributed by atoms with E-state index >= 15 is 0 Å². The van der Waals surface area contributed by atoms with Crippen LogP contribution in [0.1, 0.15) is 38.2 Å². The first-order valence-corrected chi connectivity index (χ1v) is 6.82. The molecule has 1 atom stereocenters. The average molecular weight is 232 g/mol. The van der Waals surface area contributed by atoms with Gasteiger partial charge in [-0.1, -0.05) is 31.0 Å². The molecule has 0 bridgehead atoms. The molecule has 1 N–H and O–H groups in total. The minimum absolute atomic E-state index is 0.676. The van der Waals surface area contributed by atoms with E-state index in [0.29, 0.717) is 6.04 Å². The van der Waals surface area contributed by atoms with Gasteiger partial charge in [0.15, 0.2) is 0 Å². The minimum Gasteiger partial charge on any atom is -0.369 e. The van der Waals surface area contributed by atoms with Crippen molar-refractivity contribution in [2.75, 3.05) is 18.5 Å². The highest BCUT2D eigenvalue weighted by Gasteiger charge is 2.18. The Balaban J connectivity index is 2.24. The monoisotopic (exact) mass is 232 g/mol. The van der Waals surface area contributed by atoms with Gasteiger partial charge in [-0.15, -0.1) is 0 Å². The average Bonchev–Trinajstić information content (AvgIpc) is 2.55. The van der Waals surface area contributed by atoms with Crippen molar-refractivity contribution in [3.63, 3.8) is 0 Å². The Morgan fingerprint density at radius 3 is 2.88 bits per heavy atom. The molecule has 2 rings (SSSR count). The van der Waals surface area contributed by atoms with Gasteiger partial charge in [-0.25, -0.2) is 0 Å². The third kappa shape index (κ3) is 3.01. The van der Waals surface area contributed by atoms with Crippen molar-refractivity contribution in [3.05, 3.63) is 29.8 Å². The van der Waals surface area contributed by atoms with Crippen LogP contribution in [-0.4, -0.2) is 19.6 Å². The summed E-state index contributed by atoms with van der Waals surface area (Å²) in [6.07, 6.45) is 5.42. The molecule has 0 saturated carbocycles. The Kier molecular flexibility index (Phi) is 4.43. The van der Waals surface area contributed by atoms with Gasteiger partial charge in [0.05, 0.1) is 0 Å². The smallest absolute Gasteiger partial charge is 0.0414 e. The van der Waals surface area contributed by atoms with Crippen LogP contribution in [0.2, 0.25) is 0 Å². The van der Waals surface area contributed by atoms with Gasteiger partial charge in [0.25, 0.3) is 0 Å². The predicted octanol–water partition coefficient (Wildman–Crippen LogP) is 3.17. The molecule has 2 heteroatoms. The van der Waals surface area contributed by atoms with E-state index in [1.165, 1.54) is 43.5 Å². The summed E-state index contributed by atoms with van der Waals surface area (Å²) in [6, 6.07) is 9.48. The molecule has 1 saturated heterocycles. The molecule has 0 amide bonds.